The molecule has 0 saturated heterocycles. The third-order valence-electron chi connectivity index (χ3n) is 12.6. The van der Waals surface area contributed by atoms with Crippen molar-refractivity contribution >= 4 is 5.91 Å². The highest BCUT2D eigenvalue weighted by Crippen LogP contribution is 2.16. The highest BCUT2D eigenvalue weighted by atomic mass is 16.3. The third kappa shape index (κ3) is 52.4. The summed E-state index contributed by atoms with van der Waals surface area (Å²) in [5.74, 6) is -0.0757. The van der Waals surface area contributed by atoms with Crippen molar-refractivity contribution in [2.45, 2.75) is 289 Å². The molecule has 0 rings (SSSR count). The van der Waals surface area contributed by atoms with E-state index in [4.69, 9.17) is 0 Å². The second kappa shape index (κ2) is 55.9. The van der Waals surface area contributed by atoms with Crippen molar-refractivity contribution in [3.05, 3.63) is 85.1 Å². The number of hydrogen-bond acceptors (Lipinski definition) is 3. The van der Waals surface area contributed by atoms with Gasteiger partial charge in [-0.1, -0.05) is 279 Å². The third-order valence-corrected chi connectivity index (χ3v) is 12.6. The molecule has 0 aromatic heterocycles. The molecule has 2 atom stereocenters. The molecule has 0 heterocycles. The summed E-state index contributed by atoms with van der Waals surface area (Å²) in [4.78, 5) is 12.5. The first kappa shape index (κ1) is 62.6. The fraction of sp³-hybridized carbons (Fsp3) is 0.754. The average Bonchev–Trinajstić information content (AvgIpc) is 3.31. The van der Waals surface area contributed by atoms with Crippen molar-refractivity contribution in [2.75, 3.05) is 6.61 Å². The van der Waals surface area contributed by atoms with Crippen LogP contribution in [-0.2, 0) is 4.79 Å². The van der Waals surface area contributed by atoms with Crippen LogP contribution in [0, 0.1) is 0 Å². The topological polar surface area (TPSA) is 69.6 Å². The summed E-state index contributed by atoms with van der Waals surface area (Å²) < 4.78 is 0. The van der Waals surface area contributed by atoms with Crippen LogP contribution in [0.15, 0.2) is 85.1 Å². The second-order valence-corrected chi connectivity index (χ2v) is 19.0. The van der Waals surface area contributed by atoms with E-state index in [1.165, 1.54) is 193 Å². The zero-order valence-corrected chi connectivity index (χ0v) is 43.2. The predicted molar refractivity (Wildman–Crippen MR) is 290 cm³/mol. The molecular weight excluding hydrogens is 795 g/mol. The molecule has 0 aliphatic carbocycles. The van der Waals surface area contributed by atoms with Crippen molar-refractivity contribution in [3.63, 3.8) is 0 Å². The number of aliphatic hydroxyl groups is 2. The van der Waals surface area contributed by atoms with Crippen molar-refractivity contribution < 1.29 is 15.0 Å². The van der Waals surface area contributed by atoms with Gasteiger partial charge in [0.1, 0.15) is 0 Å². The number of nitrogens with one attached hydrogen (secondary N) is 1. The van der Waals surface area contributed by atoms with Crippen LogP contribution in [0.3, 0.4) is 0 Å². The highest BCUT2D eigenvalue weighted by Gasteiger charge is 2.18. The van der Waals surface area contributed by atoms with E-state index in [0.29, 0.717) is 6.42 Å². The first-order valence-electron chi connectivity index (χ1n) is 28.3. The predicted octanol–water partition coefficient (Wildman–Crippen LogP) is 18.8. The second-order valence-electron chi connectivity index (χ2n) is 19.0. The molecule has 0 fully saturated rings. The van der Waals surface area contributed by atoms with Crippen LogP contribution >= 0.6 is 0 Å². The van der Waals surface area contributed by atoms with E-state index in [1.807, 2.05) is 6.08 Å². The summed E-state index contributed by atoms with van der Waals surface area (Å²) in [6.45, 7) is 4.20. The maximum absolute atomic E-state index is 12.5. The molecule has 0 aliphatic rings. The lowest BCUT2D eigenvalue weighted by atomic mass is 10.0. The molecule has 376 valence electrons. The molecule has 0 radical (unpaired) electrons. The standard InChI is InChI=1S/C61H109NO3/c1-3-5-7-9-11-13-15-17-19-21-23-25-27-29-30-31-32-33-35-37-39-41-43-45-47-49-51-53-55-57-61(65)62-59(58-63)60(64)56-54-52-50-48-46-44-42-40-38-36-34-28-26-24-22-20-18-16-14-12-10-8-6-4-2/h5,7,11,13,17,19,23,25,29-30,46,48,54,56,59-60,63-64H,3-4,6,8-10,12,14-16,18,20-22,24,26-28,31-45,47,49-53,55,57-58H2,1-2H3,(H,62,65)/b7-5-,13-11-,19-17-,25-23-,30-29-,48-46+,56-54+. The van der Waals surface area contributed by atoms with E-state index in [1.54, 1.807) is 6.08 Å². The summed E-state index contributed by atoms with van der Waals surface area (Å²) in [5, 5.41) is 23.2. The van der Waals surface area contributed by atoms with E-state index in [9.17, 15) is 15.0 Å². The summed E-state index contributed by atoms with van der Waals surface area (Å²) in [5.41, 5.74) is 0. The molecule has 3 N–H and O–H groups in total. The molecule has 0 bridgehead atoms. The van der Waals surface area contributed by atoms with Crippen molar-refractivity contribution in [1.29, 1.82) is 0 Å². The summed E-state index contributed by atoms with van der Waals surface area (Å²) >= 11 is 0. The Hall–Kier alpha value is -2.43. The maximum atomic E-state index is 12.5. The van der Waals surface area contributed by atoms with Crippen molar-refractivity contribution in [1.82, 2.24) is 5.32 Å². The van der Waals surface area contributed by atoms with E-state index in [-0.39, 0.29) is 12.5 Å². The van der Waals surface area contributed by atoms with Crippen LogP contribution in [0.1, 0.15) is 277 Å². The van der Waals surface area contributed by atoms with Gasteiger partial charge in [-0.05, 0) is 77.0 Å². The molecule has 65 heavy (non-hydrogen) atoms. The monoisotopic (exact) mass is 904 g/mol. The fourth-order valence-corrected chi connectivity index (χ4v) is 8.34. The van der Waals surface area contributed by atoms with E-state index >= 15 is 0 Å². The van der Waals surface area contributed by atoms with Gasteiger partial charge in [0.05, 0.1) is 18.8 Å². The van der Waals surface area contributed by atoms with Crippen LogP contribution in [0.25, 0.3) is 0 Å². The van der Waals surface area contributed by atoms with Gasteiger partial charge < -0.3 is 15.5 Å². The molecule has 0 saturated carbocycles. The number of allylic oxidation sites excluding steroid dienone is 13. The van der Waals surface area contributed by atoms with E-state index < -0.39 is 12.1 Å². The van der Waals surface area contributed by atoms with Crippen molar-refractivity contribution in [2.24, 2.45) is 0 Å². The quantitative estimate of drug-likeness (QED) is 0.0421. The van der Waals surface area contributed by atoms with Crippen LogP contribution in [-0.4, -0.2) is 34.9 Å². The maximum Gasteiger partial charge on any atom is 0.220 e. The Kier molecular flexibility index (Phi) is 53.8. The Labute approximate surface area is 405 Å². The van der Waals surface area contributed by atoms with E-state index in [2.05, 4.69) is 92.1 Å². The minimum atomic E-state index is -0.868. The molecule has 4 heteroatoms. The van der Waals surface area contributed by atoms with Crippen LogP contribution in [0.4, 0.5) is 0 Å². The number of amides is 1. The van der Waals surface area contributed by atoms with E-state index in [0.717, 1.165) is 64.2 Å². The molecule has 1 amide bonds. The van der Waals surface area contributed by atoms with Gasteiger partial charge in [-0.3, -0.25) is 4.79 Å². The van der Waals surface area contributed by atoms with Gasteiger partial charge >= 0.3 is 0 Å². The van der Waals surface area contributed by atoms with Gasteiger partial charge in [0, 0.05) is 6.42 Å². The molecule has 2 unspecified atom stereocenters. The lowest BCUT2D eigenvalue weighted by Gasteiger charge is -2.19. The Morgan fingerprint density at radius 2 is 0.692 bits per heavy atom. The normalized spacial score (nSPS) is 13.5. The summed E-state index contributed by atoms with van der Waals surface area (Å²) in [6.07, 6.45) is 81.7. The number of unbranched alkanes of at least 4 members (excludes halogenated alkanes) is 32. The first-order valence-corrected chi connectivity index (χ1v) is 28.3. The van der Waals surface area contributed by atoms with Gasteiger partial charge in [0.2, 0.25) is 5.91 Å². The summed E-state index contributed by atoms with van der Waals surface area (Å²) in [7, 11) is 0. The first-order chi connectivity index (χ1) is 32.2. The Balaban J connectivity index is 3.56. The van der Waals surface area contributed by atoms with Crippen LogP contribution in [0.2, 0.25) is 0 Å². The Morgan fingerprint density at radius 3 is 1.08 bits per heavy atom. The molecule has 4 nitrogen and oxygen atoms in total. The SMILES string of the molecule is CC/C=C\C/C=C\C/C=C\C/C=C\C/C=C\CCCCCCCCCCCCCCCC(=O)NC(CO)C(O)/C=C/CC/C=C/CCCCCCCCCCCCCCCCCCCC. The number of aliphatic hydroxyl groups excluding tert-OH is 2. The molecule has 0 aliphatic heterocycles. The minimum Gasteiger partial charge on any atom is -0.394 e. The van der Waals surface area contributed by atoms with Crippen LogP contribution in [0.5, 0.6) is 0 Å². The van der Waals surface area contributed by atoms with Gasteiger partial charge in [-0.2, -0.15) is 0 Å². The number of carbonyl (C=O) groups excluding carboxylic acids is 1. The zero-order chi connectivity index (χ0) is 47.0. The smallest absolute Gasteiger partial charge is 0.220 e. The molecule has 0 aromatic carbocycles. The van der Waals surface area contributed by atoms with Crippen LogP contribution < -0.4 is 5.32 Å². The Bertz CT molecular complexity index is 1160. The highest BCUT2D eigenvalue weighted by molar-refractivity contribution is 5.76. The minimum absolute atomic E-state index is 0.0757. The summed E-state index contributed by atoms with van der Waals surface area (Å²) in [6, 6.07) is -0.645. The van der Waals surface area contributed by atoms with Gasteiger partial charge in [0.25, 0.3) is 0 Å². The molecule has 0 aromatic rings. The van der Waals surface area contributed by atoms with Gasteiger partial charge in [-0.15, -0.1) is 0 Å². The van der Waals surface area contributed by atoms with Gasteiger partial charge in [-0.25, -0.2) is 0 Å². The lowest BCUT2D eigenvalue weighted by molar-refractivity contribution is -0.123. The number of rotatable bonds is 51. The fourth-order valence-electron chi connectivity index (χ4n) is 8.34. The van der Waals surface area contributed by atoms with Gasteiger partial charge in [0.15, 0.2) is 0 Å². The lowest BCUT2D eigenvalue weighted by Crippen LogP contribution is -2.45. The average molecular weight is 905 g/mol. The zero-order valence-electron chi connectivity index (χ0n) is 43.2. The molecular formula is C61H109NO3. The Morgan fingerprint density at radius 1 is 0.385 bits per heavy atom. The number of hydrogen-bond donors (Lipinski definition) is 3. The van der Waals surface area contributed by atoms with Crippen molar-refractivity contribution in [3.8, 4) is 0 Å². The largest absolute Gasteiger partial charge is 0.394 e. The number of carbonyl (C=O) groups is 1. The molecule has 0 spiro atoms.